The Balaban J connectivity index is 1.49. The lowest BCUT2D eigenvalue weighted by molar-refractivity contribution is -0.118. The Morgan fingerprint density at radius 3 is 2.69 bits per heavy atom. The van der Waals surface area contributed by atoms with Crippen molar-refractivity contribution >= 4 is 39.6 Å². The standard InChI is InChI=1S/C22H22N4O2S/c1-2-26-21(28)20-19(16-10-6-7-11-17(16)24-20)25-22(26)29-14-18(27)23-13-12-15-8-4-3-5-9-15/h3-11,24H,2,12-14H2,1H3,(H,23,27). The summed E-state index contributed by atoms with van der Waals surface area (Å²) in [5, 5.41) is 4.41. The van der Waals surface area contributed by atoms with Crippen molar-refractivity contribution in [2.24, 2.45) is 0 Å². The van der Waals surface area contributed by atoms with Gasteiger partial charge in [0.1, 0.15) is 11.0 Å². The van der Waals surface area contributed by atoms with Gasteiger partial charge < -0.3 is 10.3 Å². The Morgan fingerprint density at radius 2 is 1.90 bits per heavy atom. The molecule has 2 aromatic carbocycles. The summed E-state index contributed by atoms with van der Waals surface area (Å²) in [7, 11) is 0. The van der Waals surface area contributed by atoms with E-state index >= 15 is 0 Å². The van der Waals surface area contributed by atoms with E-state index in [1.54, 1.807) is 4.57 Å². The van der Waals surface area contributed by atoms with Gasteiger partial charge in [0.15, 0.2) is 5.16 Å². The molecule has 6 nitrogen and oxygen atoms in total. The van der Waals surface area contributed by atoms with Crippen LogP contribution in [0, 0.1) is 0 Å². The molecular weight excluding hydrogens is 384 g/mol. The van der Waals surface area contributed by atoms with E-state index in [-0.39, 0.29) is 17.2 Å². The monoisotopic (exact) mass is 406 g/mol. The fourth-order valence-electron chi connectivity index (χ4n) is 3.34. The van der Waals surface area contributed by atoms with Crippen molar-refractivity contribution in [1.29, 1.82) is 0 Å². The van der Waals surface area contributed by atoms with E-state index in [9.17, 15) is 9.59 Å². The van der Waals surface area contributed by atoms with Crippen LogP contribution in [0.15, 0.2) is 64.5 Å². The molecule has 0 bridgehead atoms. The van der Waals surface area contributed by atoms with Gasteiger partial charge in [0, 0.05) is 24.0 Å². The van der Waals surface area contributed by atoms with Crippen molar-refractivity contribution in [1.82, 2.24) is 19.9 Å². The summed E-state index contributed by atoms with van der Waals surface area (Å²) in [6.07, 6.45) is 0.788. The van der Waals surface area contributed by atoms with Gasteiger partial charge in [-0.05, 0) is 25.0 Å². The molecule has 0 saturated heterocycles. The van der Waals surface area contributed by atoms with Gasteiger partial charge in [-0.1, -0.05) is 60.3 Å². The number of carbonyl (C=O) groups is 1. The molecule has 2 aromatic heterocycles. The van der Waals surface area contributed by atoms with Crippen molar-refractivity contribution < 1.29 is 4.79 Å². The lowest BCUT2D eigenvalue weighted by atomic mass is 10.1. The summed E-state index contributed by atoms with van der Waals surface area (Å²) >= 11 is 1.29. The highest BCUT2D eigenvalue weighted by Gasteiger charge is 2.15. The van der Waals surface area contributed by atoms with E-state index in [2.05, 4.69) is 10.3 Å². The molecule has 0 radical (unpaired) electrons. The number of hydrogen-bond acceptors (Lipinski definition) is 4. The third-order valence-electron chi connectivity index (χ3n) is 4.80. The Hall–Kier alpha value is -3.06. The number of amides is 1. The molecule has 0 aliphatic carbocycles. The summed E-state index contributed by atoms with van der Waals surface area (Å²) in [6.45, 7) is 2.98. The van der Waals surface area contributed by atoms with Crippen LogP contribution in [0.4, 0.5) is 0 Å². The number of nitrogens with zero attached hydrogens (tertiary/aromatic N) is 2. The number of thioether (sulfide) groups is 1. The van der Waals surface area contributed by atoms with Gasteiger partial charge in [-0.25, -0.2) is 4.98 Å². The van der Waals surface area contributed by atoms with Crippen LogP contribution in [0.3, 0.4) is 0 Å². The Morgan fingerprint density at radius 1 is 1.14 bits per heavy atom. The number of nitrogens with one attached hydrogen (secondary N) is 2. The molecule has 0 spiro atoms. The summed E-state index contributed by atoms with van der Waals surface area (Å²) in [5.74, 6) is 0.150. The number of carbonyl (C=O) groups excluding carboxylic acids is 1. The normalized spacial score (nSPS) is 11.2. The minimum Gasteiger partial charge on any atom is -0.355 e. The minimum absolute atomic E-state index is 0.0677. The first-order chi connectivity index (χ1) is 14.2. The van der Waals surface area contributed by atoms with Crippen LogP contribution in [0.1, 0.15) is 12.5 Å². The number of para-hydroxylation sites is 1. The molecule has 1 amide bonds. The van der Waals surface area contributed by atoms with Gasteiger partial charge in [0.2, 0.25) is 5.91 Å². The molecule has 148 valence electrons. The highest BCUT2D eigenvalue weighted by Crippen LogP contribution is 2.24. The lowest BCUT2D eigenvalue weighted by Crippen LogP contribution is -2.28. The predicted molar refractivity (Wildman–Crippen MR) is 117 cm³/mol. The van der Waals surface area contributed by atoms with Gasteiger partial charge in [-0.2, -0.15) is 0 Å². The van der Waals surface area contributed by atoms with E-state index in [4.69, 9.17) is 4.98 Å². The third kappa shape index (κ3) is 4.05. The second-order valence-corrected chi connectivity index (χ2v) is 7.65. The number of benzene rings is 2. The summed E-state index contributed by atoms with van der Waals surface area (Å²) in [6, 6.07) is 17.8. The van der Waals surface area contributed by atoms with Gasteiger partial charge in [-0.15, -0.1) is 0 Å². The first-order valence-corrected chi connectivity index (χ1v) is 10.6. The largest absolute Gasteiger partial charge is 0.355 e. The molecule has 4 aromatic rings. The fraction of sp³-hybridized carbons (Fsp3) is 0.227. The summed E-state index contributed by atoms with van der Waals surface area (Å²) < 4.78 is 1.61. The zero-order valence-corrected chi connectivity index (χ0v) is 17.0. The Kier molecular flexibility index (Phi) is 5.67. The molecule has 0 aliphatic rings. The number of hydrogen-bond donors (Lipinski definition) is 2. The molecule has 0 aliphatic heterocycles. The van der Waals surface area contributed by atoms with Crippen LogP contribution in [0.25, 0.3) is 21.9 Å². The SMILES string of the molecule is CCn1c(SCC(=O)NCCc2ccccc2)nc2c([nH]c3ccccc32)c1=O. The van der Waals surface area contributed by atoms with Crippen LogP contribution in [0.5, 0.6) is 0 Å². The molecule has 0 atom stereocenters. The van der Waals surface area contributed by atoms with Crippen molar-refractivity contribution in [3.05, 3.63) is 70.5 Å². The third-order valence-corrected chi connectivity index (χ3v) is 5.78. The van der Waals surface area contributed by atoms with Gasteiger partial charge in [0.25, 0.3) is 5.56 Å². The van der Waals surface area contributed by atoms with E-state index in [0.29, 0.717) is 29.3 Å². The average molecular weight is 407 g/mol. The number of H-pyrrole nitrogens is 1. The van der Waals surface area contributed by atoms with E-state index in [1.165, 1.54) is 17.3 Å². The van der Waals surface area contributed by atoms with Crippen LogP contribution in [-0.4, -0.2) is 32.7 Å². The second kappa shape index (κ2) is 8.53. The highest BCUT2D eigenvalue weighted by atomic mass is 32.2. The smallest absolute Gasteiger partial charge is 0.278 e. The molecule has 2 N–H and O–H groups in total. The van der Waals surface area contributed by atoms with Gasteiger partial charge >= 0.3 is 0 Å². The molecule has 0 fully saturated rings. The van der Waals surface area contributed by atoms with Crippen molar-refractivity contribution in [3.63, 3.8) is 0 Å². The highest BCUT2D eigenvalue weighted by molar-refractivity contribution is 7.99. The zero-order valence-electron chi connectivity index (χ0n) is 16.1. The minimum atomic E-state index is -0.110. The summed E-state index contributed by atoms with van der Waals surface area (Å²) in [5.41, 5.74) is 3.12. The molecule has 7 heteroatoms. The molecule has 0 unspecified atom stereocenters. The van der Waals surface area contributed by atoms with Crippen LogP contribution < -0.4 is 10.9 Å². The number of rotatable bonds is 7. The molecule has 4 rings (SSSR count). The Labute approximate surface area is 172 Å². The van der Waals surface area contributed by atoms with Crippen LogP contribution in [0.2, 0.25) is 0 Å². The van der Waals surface area contributed by atoms with E-state index in [1.807, 2.05) is 61.5 Å². The zero-order chi connectivity index (χ0) is 20.2. The van der Waals surface area contributed by atoms with Crippen molar-refractivity contribution in [2.75, 3.05) is 12.3 Å². The van der Waals surface area contributed by atoms with E-state index in [0.717, 1.165) is 17.3 Å². The second-order valence-electron chi connectivity index (χ2n) is 6.71. The van der Waals surface area contributed by atoms with E-state index < -0.39 is 0 Å². The molecule has 29 heavy (non-hydrogen) atoms. The maximum absolute atomic E-state index is 12.9. The average Bonchev–Trinajstić information content (AvgIpc) is 3.12. The number of aromatic amines is 1. The lowest BCUT2D eigenvalue weighted by Gasteiger charge is -2.10. The quantitative estimate of drug-likeness (QED) is 0.364. The maximum Gasteiger partial charge on any atom is 0.278 e. The topological polar surface area (TPSA) is 79.8 Å². The van der Waals surface area contributed by atoms with Gasteiger partial charge in [0.05, 0.1) is 5.75 Å². The van der Waals surface area contributed by atoms with Crippen LogP contribution in [-0.2, 0) is 17.8 Å². The molecular formula is C22H22N4O2S. The first-order valence-electron chi connectivity index (χ1n) is 9.62. The Bertz CT molecular complexity index is 1210. The van der Waals surface area contributed by atoms with Crippen LogP contribution >= 0.6 is 11.8 Å². The maximum atomic E-state index is 12.9. The van der Waals surface area contributed by atoms with Crippen molar-refractivity contribution in [3.8, 4) is 0 Å². The predicted octanol–water partition coefficient (Wildman–Crippen LogP) is 3.35. The first kappa shape index (κ1) is 19.3. The fourth-order valence-corrected chi connectivity index (χ4v) is 4.22. The van der Waals surface area contributed by atoms with Gasteiger partial charge in [-0.3, -0.25) is 14.2 Å². The summed E-state index contributed by atoms with van der Waals surface area (Å²) in [4.78, 5) is 33.0. The molecule has 0 saturated carbocycles. The van der Waals surface area contributed by atoms with Crippen molar-refractivity contribution in [2.45, 2.75) is 25.0 Å². The number of aromatic nitrogens is 3. The molecule has 2 heterocycles. The number of fused-ring (bicyclic) bond motifs is 3.